The summed E-state index contributed by atoms with van der Waals surface area (Å²) < 4.78 is 5.50. The number of thiophene rings is 2. The van der Waals surface area contributed by atoms with Crippen molar-refractivity contribution >= 4 is 34.5 Å². The molecule has 124 valence electrons. The van der Waals surface area contributed by atoms with Crippen molar-refractivity contribution in [3.8, 4) is 0 Å². The Hall–Kier alpha value is -1.74. The number of hydrogen-bond donors (Lipinski definition) is 3. The Morgan fingerprint density at radius 2 is 2.04 bits per heavy atom. The van der Waals surface area contributed by atoms with Crippen LogP contribution in [-0.4, -0.2) is 36.7 Å². The van der Waals surface area contributed by atoms with Gasteiger partial charge in [0.15, 0.2) is 0 Å². The van der Waals surface area contributed by atoms with Gasteiger partial charge < -0.3 is 20.5 Å². The van der Waals surface area contributed by atoms with E-state index in [4.69, 9.17) is 9.84 Å². The number of nitrogens with one attached hydrogen (secondary N) is 2. The van der Waals surface area contributed by atoms with Crippen LogP contribution in [0.25, 0.3) is 0 Å². The molecular formula is C15H18N2O4S2. The molecule has 23 heavy (non-hydrogen) atoms. The first kappa shape index (κ1) is 17.6. The number of amides is 2. The van der Waals surface area contributed by atoms with Gasteiger partial charge in [0.25, 0.3) is 0 Å². The zero-order chi connectivity index (χ0) is 16.5. The van der Waals surface area contributed by atoms with E-state index in [-0.39, 0.29) is 25.9 Å². The van der Waals surface area contributed by atoms with Gasteiger partial charge in [-0.1, -0.05) is 6.07 Å². The monoisotopic (exact) mass is 354 g/mol. The lowest BCUT2D eigenvalue weighted by molar-refractivity contribution is -0.139. The summed E-state index contributed by atoms with van der Waals surface area (Å²) in [5.74, 6) is -1.38. The van der Waals surface area contributed by atoms with Gasteiger partial charge in [-0.3, -0.25) is 9.59 Å². The smallest absolute Gasteiger partial charge is 0.309 e. The van der Waals surface area contributed by atoms with Crippen molar-refractivity contribution in [1.29, 1.82) is 0 Å². The fourth-order valence-electron chi connectivity index (χ4n) is 1.85. The largest absolute Gasteiger partial charge is 0.394 e. The first-order valence-electron chi connectivity index (χ1n) is 7.03. The second kappa shape index (κ2) is 9.41. The number of hydrogen-bond acceptors (Lipinski definition) is 6. The molecule has 6 nitrogen and oxygen atoms in total. The van der Waals surface area contributed by atoms with E-state index in [2.05, 4.69) is 10.6 Å². The molecule has 2 heterocycles. The first-order chi connectivity index (χ1) is 11.2. The molecule has 1 atom stereocenters. The summed E-state index contributed by atoms with van der Waals surface area (Å²) in [6.45, 7) is 0.567. The molecule has 3 N–H and O–H groups in total. The summed E-state index contributed by atoms with van der Waals surface area (Å²) in [5.41, 5.74) is 0.905. The Morgan fingerprint density at radius 3 is 2.70 bits per heavy atom. The molecule has 8 heteroatoms. The molecule has 2 aromatic heterocycles. The molecule has 0 aliphatic heterocycles. The normalized spacial score (nSPS) is 11.9. The Morgan fingerprint density at radius 1 is 1.22 bits per heavy atom. The zero-order valence-corrected chi connectivity index (χ0v) is 14.0. The standard InChI is InChI=1S/C15H18N2O4S2/c18-4-5-21-13(11-3-7-22-10-11)9-17-15(20)14(19)16-8-12-2-1-6-23-12/h1-3,6-7,10,13,18H,4-5,8-9H2,(H,16,19)(H,17,20)/t13-/m0/s1. The lowest BCUT2D eigenvalue weighted by Crippen LogP contribution is -2.41. The van der Waals surface area contributed by atoms with Crippen LogP contribution in [0.3, 0.4) is 0 Å². The van der Waals surface area contributed by atoms with Crippen LogP contribution < -0.4 is 10.6 Å². The van der Waals surface area contributed by atoms with E-state index in [1.165, 1.54) is 22.7 Å². The van der Waals surface area contributed by atoms with Gasteiger partial charge in [0, 0.05) is 11.4 Å². The van der Waals surface area contributed by atoms with Gasteiger partial charge >= 0.3 is 11.8 Å². The van der Waals surface area contributed by atoms with Crippen molar-refractivity contribution in [2.24, 2.45) is 0 Å². The van der Waals surface area contributed by atoms with Crippen LogP contribution in [0.4, 0.5) is 0 Å². The molecule has 0 unspecified atom stereocenters. The number of aliphatic hydroxyl groups excluding tert-OH is 1. The van der Waals surface area contributed by atoms with Crippen molar-refractivity contribution < 1.29 is 19.4 Å². The molecule has 2 rings (SSSR count). The second-order valence-corrected chi connectivity index (χ2v) is 6.42. The Bertz CT molecular complexity index is 599. The molecule has 0 aromatic carbocycles. The highest BCUT2D eigenvalue weighted by molar-refractivity contribution is 7.09. The van der Waals surface area contributed by atoms with Crippen molar-refractivity contribution in [2.75, 3.05) is 19.8 Å². The highest BCUT2D eigenvalue weighted by Gasteiger charge is 2.18. The maximum atomic E-state index is 11.8. The van der Waals surface area contributed by atoms with Gasteiger partial charge in [0.1, 0.15) is 6.10 Å². The van der Waals surface area contributed by atoms with Gasteiger partial charge in [-0.2, -0.15) is 11.3 Å². The van der Waals surface area contributed by atoms with Crippen molar-refractivity contribution in [2.45, 2.75) is 12.6 Å². The van der Waals surface area contributed by atoms with Gasteiger partial charge in [0.2, 0.25) is 0 Å². The maximum Gasteiger partial charge on any atom is 0.309 e. The summed E-state index contributed by atoms with van der Waals surface area (Å²) >= 11 is 3.03. The van der Waals surface area contributed by atoms with Gasteiger partial charge in [0.05, 0.1) is 19.8 Å². The van der Waals surface area contributed by atoms with Gasteiger partial charge in [-0.25, -0.2) is 0 Å². The van der Waals surface area contributed by atoms with E-state index in [0.717, 1.165) is 10.4 Å². The fourth-order valence-corrected chi connectivity index (χ4v) is 3.20. The molecule has 0 radical (unpaired) electrons. The molecule has 2 aromatic rings. The van der Waals surface area contributed by atoms with Crippen molar-refractivity contribution in [3.05, 3.63) is 44.8 Å². The topological polar surface area (TPSA) is 87.7 Å². The molecule has 0 saturated carbocycles. The van der Waals surface area contributed by atoms with Crippen LogP contribution in [-0.2, 0) is 20.9 Å². The van der Waals surface area contributed by atoms with Gasteiger partial charge in [-0.15, -0.1) is 11.3 Å². The van der Waals surface area contributed by atoms with E-state index in [1.54, 1.807) is 0 Å². The Labute approximate surface area is 142 Å². The quantitative estimate of drug-likeness (QED) is 0.624. The minimum absolute atomic E-state index is 0.101. The molecule has 0 fully saturated rings. The number of rotatable bonds is 8. The lowest BCUT2D eigenvalue weighted by Gasteiger charge is -2.17. The molecule has 0 aliphatic rings. The van der Waals surface area contributed by atoms with Gasteiger partial charge in [-0.05, 0) is 33.8 Å². The molecule has 0 bridgehead atoms. The summed E-state index contributed by atoms with van der Waals surface area (Å²) in [6.07, 6.45) is -0.387. The van der Waals surface area contributed by atoms with Crippen LogP contribution >= 0.6 is 22.7 Å². The predicted octanol–water partition coefficient (Wildman–Crippen LogP) is 1.29. The molecule has 2 amide bonds. The van der Waals surface area contributed by atoms with E-state index in [1.807, 2.05) is 34.3 Å². The van der Waals surface area contributed by atoms with E-state index in [9.17, 15) is 9.59 Å². The third-order valence-electron chi connectivity index (χ3n) is 2.98. The van der Waals surface area contributed by atoms with Crippen LogP contribution in [0.15, 0.2) is 34.3 Å². The van der Waals surface area contributed by atoms with Crippen LogP contribution in [0.1, 0.15) is 16.5 Å². The minimum atomic E-state index is -0.700. The fraction of sp³-hybridized carbons (Fsp3) is 0.333. The lowest BCUT2D eigenvalue weighted by atomic mass is 10.2. The summed E-state index contributed by atoms with van der Waals surface area (Å²) in [5, 5.41) is 19.7. The number of carbonyl (C=O) groups is 2. The third kappa shape index (κ3) is 5.76. The van der Waals surface area contributed by atoms with E-state index in [0.29, 0.717) is 6.54 Å². The second-order valence-electron chi connectivity index (χ2n) is 4.61. The minimum Gasteiger partial charge on any atom is -0.394 e. The highest BCUT2D eigenvalue weighted by atomic mass is 32.1. The summed E-state index contributed by atoms with van der Waals surface area (Å²) in [7, 11) is 0. The Balaban J connectivity index is 1.79. The Kier molecular flexibility index (Phi) is 7.21. The van der Waals surface area contributed by atoms with E-state index >= 15 is 0 Å². The average molecular weight is 354 g/mol. The van der Waals surface area contributed by atoms with Crippen molar-refractivity contribution in [3.63, 3.8) is 0 Å². The number of ether oxygens (including phenoxy) is 1. The predicted molar refractivity (Wildman–Crippen MR) is 89.3 cm³/mol. The number of aliphatic hydroxyl groups is 1. The van der Waals surface area contributed by atoms with Crippen LogP contribution in [0, 0.1) is 0 Å². The van der Waals surface area contributed by atoms with Crippen molar-refractivity contribution in [1.82, 2.24) is 10.6 Å². The summed E-state index contributed by atoms with van der Waals surface area (Å²) in [4.78, 5) is 24.6. The molecule has 0 spiro atoms. The first-order valence-corrected chi connectivity index (χ1v) is 8.86. The van der Waals surface area contributed by atoms with Crippen LogP contribution in [0.2, 0.25) is 0 Å². The molecular weight excluding hydrogens is 336 g/mol. The average Bonchev–Trinajstić information content (AvgIpc) is 3.25. The highest BCUT2D eigenvalue weighted by Crippen LogP contribution is 2.19. The molecule has 0 aliphatic carbocycles. The number of carbonyl (C=O) groups excluding carboxylic acids is 2. The SMILES string of the molecule is O=C(NCc1cccs1)C(=O)NC[C@H](OCCO)c1ccsc1. The summed E-state index contributed by atoms with van der Waals surface area (Å²) in [6, 6.07) is 5.66. The third-order valence-corrected chi connectivity index (χ3v) is 4.56. The van der Waals surface area contributed by atoms with Crippen LogP contribution in [0.5, 0.6) is 0 Å². The zero-order valence-electron chi connectivity index (χ0n) is 12.4. The maximum absolute atomic E-state index is 11.8. The van der Waals surface area contributed by atoms with E-state index < -0.39 is 11.8 Å². The molecule has 0 saturated heterocycles.